The number of rotatable bonds is 5. The Morgan fingerprint density at radius 3 is 2.46 bits per heavy atom. The minimum absolute atomic E-state index is 0.0473. The standard InChI is InChI=1S/C25H24F3N3O4/c1-13(17-4-2-16(27)11-19(17)28)29-22(32)21(25-8-6-14(7-9-25)12-35-25)31-23(33)18-10-15(26)3-5-20(18)30-24(31)34/h2-5,10-11,13-14,21H,6-9,12H2,1H3,(H,29,32)(H,30,34)/t13-,14?,21+,25?/m1/s1. The molecule has 184 valence electrons. The molecule has 1 saturated carbocycles. The van der Waals surface area contributed by atoms with Gasteiger partial charge in [0.15, 0.2) is 0 Å². The van der Waals surface area contributed by atoms with Gasteiger partial charge in [-0.2, -0.15) is 0 Å². The molecular formula is C25H24F3N3O4. The number of hydrogen-bond donors (Lipinski definition) is 2. The average molecular weight is 487 g/mol. The number of aromatic nitrogens is 2. The second-order valence-electron chi connectivity index (χ2n) is 9.41. The Labute approximate surface area is 197 Å². The van der Waals surface area contributed by atoms with Gasteiger partial charge in [0.25, 0.3) is 5.56 Å². The highest BCUT2D eigenvalue weighted by Gasteiger charge is 2.52. The number of carbonyl (C=O) groups is 1. The molecule has 3 aromatic rings. The number of ether oxygens (including phenoxy) is 1. The van der Waals surface area contributed by atoms with Crippen molar-refractivity contribution in [3.63, 3.8) is 0 Å². The first-order valence-corrected chi connectivity index (χ1v) is 11.5. The minimum Gasteiger partial charge on any atom is -0.372 e. The van der Waals surface area contributed by atoms with E-state index in [2.05, 4.69) is 10.3 Å². The normalized spacial score (nSPS) is 23.3. The lowest BCUT2D eigenvalue weighted by atomic mass is 9.71. The minimum atomic E-state index is -1.38. The Kier molecular flexibility index (Phi) is 5.79. The van der Waals surface area contributed by atoms with Crippen LogP contribution in [0.1, 0.15) is 50.3 Å². The number of nitrogens with one attached hydrogen (secondary N) is 2. The second-order valence-corrected chi connectivity index (χ2v) is 9.41. The van der Waals surface area contributed by atoms with Gasteiger partial charge in [0.05, 0.1) is 29.2 Å². The highest BCUT2D eigenvalue weighted by Crippen LogP contribution is 2.47. The van der Waals surface area contributed by atoms with Gasteiger partial charge in [-0.05, 0) is 62.8 Å². The van der Waals surface area contributed by atoms with Gasteiger partial charge in [-0.1, -0.05) is 6.07 Å². The fourth-order valence-electron chi connectivity index (χ4n) is 5.36. The molecule has 0 radical (unpaired) electrons. The molecule has 7 nitrogen and oxygen atoms in total. The number of nitrogens with zero attached hydrogens (tertiary/aromatic N) is 1. The zero-order chi connectivity index (χ0) is 24.9. The van der Waals surface area contributed by atoms with E-state index < -0.39 is 52.3 Å². The molecule has 3 aliphatic rings. The van der Waals surface area contributed by atoms with Crippen molar-refractivity contribution in [3.8, 4) is 0 Å². The molecular weight excluding hydrogens is 463 g/mol. The quantitative estimate of drug-likeness (QED) is 0.576. The summed E-state index contributed by atoms with van der Waals surface area (Å²) in [6, 6.07) is 4.16. The van der Waals surface area contributed by atoms with Gasteiger partial charge < -0.3 is 15.0 Å². The second kappa shape index (κ2) is 8.67. The first-order valence-electron chi connectivity index (χ1n) is 11.5. The largest absolute Gasteiger partial charge is 0.372 e. The third kappa shape index (κ3) is 4.05. The summed E-state index contributed by atoms with van der Waals surface area (Å²) in [5.41, 5.74) is -2.59. The first kappa shape index (κ1) is 23.3. The number of fused-ring (bicyclic) bond motifs is 4. The number of hydrogen-bond acceptors (Lipinski definition) is 4. The van der Waals surface area contributed by atoms with Crippen molar-refractivity contribution in [2.75, 3.05) is 6.61 Å². The van der Waals surface area contributed by atoms with E-state index in [1.165, 1.54) is 19.1 Å². The predicted molar refractivity (Wildman–Crippen MR) is 121 cm³/mol. The van der Waals surface area contributed by atoms with Crippen LogP contribution in [0.25, 0.3) is 10.9 Å². The van der Waals surface area contributed by atoms with Gasteiger partial charge in [-0.15, -0.1) is 0 Å². The maximum absolute atomic E-state index is 14.4. The van der Waals surface area contributed by atoms with Crippen LogP contribution in [-0.4, -0.2) is 27.7 Å². The van der Waals surface area contributed by atoms with E-state index in [1.54, 1.807) is 0 Å². The Morgan fingerprint density at radius 1 is 1.11 bits per heavy atom. The first-order chi connectivity index (χ1) is 16.7. The molecule has 10 heteroatoms. The number of benzene rings is 2. The van der Waals surface area contributed by atoms with Crippen LogP contribution in [0.2, 0.25) is 0 Å². The summed E-state index contributed by atoms with van der Waals surface area (Å²) in [6.07, 6.45) is 2.42. The SMILES string of the molecule is C[C@@H](NC(=O)[C@H](n1c(=O)[nH]c2ccc(F)cc2c1=O)C12CCC(CC1)CO2)c1ccc(F)cc1F. The molecule has 2 N–H and O–H groups in total. The van der Waals surface area contributed by atoms with Crippen LogP contribution in [0.15, 0.2) is 46.0 Å². The fraction of sp³-hybridized carbons (Fsp3) is 0.400. The van der Waals surface area contributed by atoms with E-state index in [9.17, 15) is 27.6 Å². The van der Waals surface area contributed by atoms with E-state index in [1.807, 2.05) is 0 Å². The molecule has 2 aromatic carbocycles. The van der Waals surface area contributed by atoms with Gasteiger partial charge in [-0.3, -0.25) is 9.59 Å². The summed E-state index contributed by atoms with van der Waals surface area (Å²) in [7, 11) is 0. The van der Waals surface area contributed by atoms with Crippen LogP contribution >= 0.6 is 0 Å². The Bertz CT molecular complexity index is 1410. The van der Waals surface area contributed by atoms with Crippen LogP contribution in [0.3, 0.4) is 0 Å². The summed E-state index contributed by atoms with van der Waals surface area (Å²) in [6.45, 7) is 1.91. The Hall–Kier alpha value is -3.40. The maximum atomic E-state index is 14.4. The van der Waals surface area contributed by atoms with Crippen LogP contribution in [0.5, 0.6) is 0 Å². The van der Waals surface area contributed by atoms with Crippen LogP contribution in [0.4, 0.5) is 13.2 Å². The lowest BCUT2D eigenvalue weighted by molar-refractivity contribution is -0.178. The number of carbonyl (C=O) groups excluding carboxylic acids is 1. The smallest absolute Gasteiger partial charge is 0.329 e. The summed E-state index contributed by atoms with van der Waals surface area (Å²) in [5, 5.41) is 2.59. The predicted octanol–water partition coefficient (Wildman–Crippen LogP) is 3.48. The molecule has 6 rings (SSSR count). The van der Waals surface area contributed by atoms with Crippen molar-refractivity contribution in [3.05, 3.63) is 80.3 Å². The van der Waals surface area contributed by atoms with E-state index >= 15 is 0 Å². The molecule has 2 bridgehead atoms. The molecule has 1 aromatic heterocycles. The average Bonchev–Trinajstić information content (AvgIpc) is 2.83. The van der Waals surface area contributed by atoms with Crippen molar-refractivity contribution in [1.29, 1.82) is 0 Å². The monoisotopic (exact) mass is 487 g/mol. The van der Waals surface area contributed by atoms with Crippen molar-refractivity contribution in [2.45, 2.75) is 50.3 Å². The van der Waals surface area contributed by atoms with Gasteiger partial charge in [0.2, 0.25) is 5.91 Å². The Morgan fingerprint density at radius 2 is 1.80 bits per heavy atom. The summed E-state index contributed by atoms with van der Waals surface area (Å²) < 4.78 is 48.5. The number of aromatic amines is 1. The van der Waals surface area contributed by atoms with Crippen molar-refractivity contribution in [2.24, 2.45) is 5.92 Å². The molecule has 3 fully saturated rings. The van der Waals surface area contributed by atoms with E-state index in [0.717, 1.165) is 35.6 Å². The van der Waals surface area contributed by atoms with E-state index in [4.69, 9.17) is 4.74 Å². The fourth-order valence-corrected chi connectivity index (χ4v) is 5.36. The molecule has 1 amide bonds. The molecule has 1 aliphatic carbocycles. The number of halogens is 3. The van der Waals surface area contributed by atoms with Crippen molar-refractivity contribution in [1.82, 2.24) is 14.9 Å². The molecule has 0 spiro atoms. The van der Waals surface area contributed by atoms with Gasteiger partial charge in [-0.25, -0.2) is 22.5 Å². The van der Waals surface area contributed by atoms with E-state index in [-0.39, 0.29) is 16.5 Å². The van der Waals surface area contributed by atoms with E-state index in [0.29, 0.717) is 31.4 Å². The topological polar surface area (TPSA) is 93.2 Å². The molecule has 2 saturated heterocycles. The Balaban J connectivity index is 1.61. The number of amides is 1. The third-order valence-electron chi connectivity index (χ3n) is 7.24. The zero-order valence-electron chi connectivity index (χ0n) is 18.9. The van der Waals surface area contributed by atoms with Crippen LogP contribution < -0.4 is 16.6 Å². The van der Waals surface area contributed by atoms with Crippen molar-refractivity contribution >= 4 is 16.8 Å². The lowest BCUT2D eigenvalue weighted by Crippen LogP contribution is -2.59. The maximum Gasteiger partial charge on any atom is 0.329 e. The number of H-pyrrole nitrogens is 1. The summed E-state index contributed by atoms with van der Waals surface area (Å²) >= 11 is 0. The molecule has 2 atom stereocenters. The molecule has 35 heavy (non-hydrogen) atoms. The van der Waals surface area contributed by atoms with Gasteiger partial charge in [0.1, 0.15) is 23.5 Å². The summed E-state index contributed by atoms with van der Waals surface area (Å²) in [4.78, 5) is 42.8. The van der Waals surface area contributed by atoms with Gasteiger partial charge in [0, 0.05) is 11.6 Å². The van der Waals surface area contributed by atoms with Crippen LogP contribution in [0, 0.1) is 23.4 Å². The highest BCUT2D eigenvalue weighted by atomic mass is 19.1. The lowest BCUT2D eigenvalue weighted by Gasteiger charge is -2.49. The molecule has 3 heterocycles. The zero-order valence-corrected chi connectivity index (χ0v) is 18.9. The summed E-state index contributed by atoms with van der Waals surface area (Å²) in [5.74, 6) is -2.63. The molecule has 0 unspecified atom stereocenters. The van der Waals surface area contributed by atoms with Gasteiger partial charge >= 0.3 is 5.69 Å². The van der Waals surface area contributed by atoms with Crippen molar-refractivity contribution < 1.29 is 22.7 Å². The third-order valence-corrected chi connectivity index (χ3v) is 7.24. The highest BCUT2D eigenvalue weighted by molar-refractivity contribution is 5.83. The molecule has 2 aliphatic heterocycles. The van der Waals surface area contributed by atoms with Crippen LogP contribution in [-0.2, 0) is 9.53 Å².